The SMILES string of the molecule is C=C(C)/C(N)=C1\C=C(NCCCOC)CCC1. The van der Waals surface area contributed by atoms with Crippen LogP contribution in [-0.2, 0) is 4.74 Å². The average molecular weight is 236 g/mol. The zero-order valence-electron chi connectivity index (χ0n) is 11.0. The summed E-state index contributed by atoms with van der Waals surface area (Å²) >= 11 is 0. The highest BCUT2D eigenvalue weighted by Gasteiger charge is 2.10. The second-order valence-electron chi connectivity index (χ2n) is 4.52. The van der Waals surface area contributed by atoms with Crippen molar-refractivity contribution in [2.45, 2.75) is 32.6 Å². The lowest BCUT2D eigenvalue weighted by Crippen LogP contribution is -2.19. The van der Waals surface area contributed by atoms with Crippen LogP contribution in [0.25, 0.3) is 0 Å². The Morgan fingerprint density at radius 3 is 2.94 bits per heavy atom. The molecule has 3 heteroatoms. The Morgan fingerprint density at radius 2 is 2.29 bits per heavy atom. The topological polar surface area (TPSA) is 47.3 Å². The summed E-state index contributed by atoms with van der Waals surface area (Å²) in [5.41, 5.74) is 10.3. The fourth-order valence-corrected chi connectivity index (χ4v) is 1.92. The molecule has 1 rings (SSSR count). The molecule has 0 aromatic heterocycles. The first-order valence-corrected chi connectivity index (χ1v) is 6.23. The number of nitrogens with one attached hydrogen (secondary N) is 1. The molecule has 0 saturated heterocycles. The highest BCUT2D eigenvalue weighted by molar-refractivity contribution is 5.38. The van der Waals surface area contributed by atoms with Gasteiger partial charge in [-0.3, -0.25) is 0 Å². The van der Waals surface area contributed by atoms with Crippen LogP contribution in [0, 0.1) is 0 Å². The molecule has 0 unspecified atom stereocenters. The molecule has 1 aliphatic rings. The van der Waals surface area contributed by atoms with Gasteiger partial charge in [0.05, 0.1) is 0 Å². The summed E-state index contributed by atoms with van der Waals surface area (Å²) in [4.78, 5) is 0. The minimum atomic E-state index is 0.802. The molecule has 96 valence electrons. The first-order valence-electron chi connectivity index (χ1n) is 6.23. The molecule has 3 nitrogen and oxygen atoms in total. The monoisotopic (exact) mass is 236 g/mol. The van der Waals surface area contributed by atoms with Crippen molar-refractivity contribution < 1.29 is 4.74 Å². The van der Waals surface area contributed by atoms with Crippen LogP contribution in [0.15, 0.2) is 35.2 Å². The van der Waals surface area contributed by atoms with Crippen molar-refractivity contribution in [3.05, 3.63) is 35.2 Å². The third kappa shape index (κ3) is 4.65. The van der Waals surface area contributed by atoms with Crippen molar-refractivity contribution in [1.29, 1.82) is 0 Å². The zero-order chi connectivity index (χ0) is 12.7. The van der Waals surface area contributed by atoms with Crippen molar-refractivity contribution in [3.8, 4) is 0 Å². The molecule has 0 radical (unpaired) electrons. The quantitative estimate of drug-likeness (QED) is 0.696. The van der Waals surface area contributed by atoms with Gasteiger partial charge in [0.2, 0.25) is 0 Å². The summed E-state index contributed by atoms with van der Waals surface area (Å²) in [5.74, 6) is 0. The predicted octanol–water partition coefficient (Wildman–Crippen LogP) is 2.47. The van der Waals surface area contributed by atoms with Crippen LogP contribution in [0.3, 0.4) is 0 Å². The lowest BCUT2D eigenvalue weighted by atomic mass is 9.96. The fourth-order valence-electron chi connectivity index (χ4n) is 1.92. The second-order valence-corrected chi connectivity index (χ2v) is 4.52. The predicted molar refractivity (Wildman–Crippen MR) is 72.5 cm³/mol. The molecule has 1 aliphatic carbocycles. The van der Waals surface area contributed by atoms with Gasteiger partial charge >= 0.3 is 0 Å². The Balaban J connectivity index is 2.55. The van der Waals surface area contributed by atoms with Crippen LogP contribution in [0.1, 0.15) is 32.6 Å². The van der Waals surface area contributed by atoms with Gasteiger partial charge in [-0.15, -0.1) is 0 Å². The van der Waals surface area contributed by atoms with E-state index in [0.29, 0.717) is 0 Å². The van der Waals surface area contributed by atoms with Gasteiger partial charge in [-0.2, -0.15) is 0 Å². The normalized spacial score (nSPS) is 18.6. The van der Waals surface area contributed by atoms with Gasteiger partial charge in [0.1, 0.15) is 0 Å². The van der Waals surface area contributed by atoms with Gasteiger partial charge in [-0.1, -0.05) is 6.58 Å². The van der Waals surface area contributed by atoms with Crippen LogP contribution in [0.5, 0.6) is 0 Å². The van der Waals surface area contributed by atoms with Gasteiger partial charge in [0, 0.05) is 31.7 Å². The van der Waals surface area contributed by atoms with Crippen molar-refractivity contribution in [2.24, 2.45) is 5.73 Å². The van der Waals surface area contributed by atoms with Crippen LogP contribution in [-0.4, -0.2) is 20.3 Å². The van der Waals surface area contributed by atoms with Crippen molar-refractivity contribution >= 4 is 0 Å². The Bertz CT molecular complexity index is 329. The van der Waals surface area contributed by atoms with Gasteiger partial charge < -0.3 is 15.8 Å². The first-order chi connectivity index (χ1) is 8.15. The third-order valence-electron chi connectivity index (χ3n) is 2.92. The Kier molecular flexibility index (Phi) is 5.84. The molecule has 0 aromatic rings. The molecule has 17 heavy (non-hydrogen) atoms. The molecule has 0 amide bonds. The number of nitrogens with two attached hydrogens (primary N) is 1. The second kappa shape index (κ2) is 7.17. The smallest absolute Gasteiger partial charge is 0.0479 e. The van der Waals surface area contributed by atoms with E-state index in [1.54, 1.807) is 7.11 Å². The lowest BCUT2D eigenvalue weighted by molar-refractivity contribution is 0.195. The van der Waals surface area contributed by atoms with Gasteiger partial charge in [0.15, 0.2) is 0 Å². The lowest BCUT2D eigenvalue weighted by Gasteiger charge is -2.19. The molecule has 0 aliphatic heterocycles. The number of allylic oxidation sites excluding steroid dienone is 4. The summed E-state index contributed by atoms with van der Waals surface area (Å²) in [5, 5.41) is 3.44. The highest BCUT2D eigenvalue weighted by atomic mass is 16.5. The van der Waals surface area contributed by atoms with E-state index in [-0.39, 0.29) is 0 Å². The van der Waals surface area contributed by atoms with Crippen molar-refractivity contribution in [1.82, 2.24) is 5.32 Å². The van der Waals surface area contributed by atoms with E-state index < -0.39 is 0 Å². The molecule has 0 atom stereocenters. The van der Waals surface area contributed by atoms with Gasteiger partial charge in [-0.25, -0.2) is 0 Å². The Hall–Kier alpha value is -1.22. The van der Waals surface area contributed by atoms with Crippen LogP contribution in [0.2, 0.25) is 0 Å². The molecule has 0 bridgehead atoms. The largest absolute Gasteiger partial charge is 0.398 e. The maximum absolute atomic E-state index is 6.02. The van der Waals surface area contributed by atoms with Crippen molar-refractivity contribution in [2.75, 3.05) is 20.3 Å². The maximum atomic E-state index is 6.02. The number of methoxy groups -OCH3 is 1. The Labute approximate surface area is 104 Å². The average Bonchev–Trinajstić information content (AvgIpc) is 2.34. The van der Waals surface area contributed by atoms with Gasteiger partial charge in [0.25, 0.3) is 0 Å². The highest BCUT2D eigenvalue weighted by Crippen LogP contribution is 2.23. The van der Waals surface area contributed by atoms with E-state index in [1.165, 1.54) is 11.3 Å². The van der Waals surface area contributed by atoms with E-state index in [2.05, 4.69) is 18.0 Å². The molecule has 3 N–H and O–H groups in total. The summed E-state index contributed by atoms with van der Waals surface area (Å²) in [6.07, 6.45) is 6.54. The van der Waals surface area contributed by atoms with Crippen molar-refractivity contribution in [3.63, 3.8) is 0 Å². The van der Waals surface area contributed by atoms with Crippen LogP contribution >= 0.6 is 0 Å². The summed E-state index contributed by atoms with van der Waals surface area (Å²) in [6.45, 7) is 7.61. The van der Waals surface area contributed by atoms with E-state index in [9.17, 15) is 0 Å². The minimum absolute atomic E-state index is 0.802. The van der Waals surface area contributed by atoms with Gasteiger partial charge in [-0.05, 0) is 49.8 Å². The summed E-state index contributed by atoms with van der Waals surface area (Å²) < 4.78 is 5.02. The van der Waals surface area contributed by atoms with Crippen LogP contribution in [0.4, 0.5) is 0 Å². The van der Waals surface area contributed by atoms with E-state index >= 15 is 0 Å². The van der Waals surface area contributed by atoms with E-state index in [4.69, 9.17) is 10.5 Å². The molecule has 0 fully saturated rings. The molecule has 0 aromatic carbocycles. The van der Waals surface area contributed by atoms with Crippen LogP contribution < -0.4 is 11.1 Å². The summed E-state index contributed by atoms with van der Waals surface area (Å²) in [6, 6.07) is 0. The number of rotatable bonds is 6. The molecule has 0 spiro atoms. The summed E-state index contributed by atoms with van der Waals surface area (Å²) in [7, 11) is 1.73. The van der Waals surface area contributed by atoms with E-state index in [1.807, 2.05) is 6.92 Å². The Morgan fingerprint density at radius 1 is 1.53 bits per heavy atom. The number of ether oxygens (including phenoxy) is 1. The molecular weight excluding hydrogens is 212 g/mol. The molecule has 0 saturated carbocycles. The minimum Gasteiger partial charge on any atom is -0.398 e. The third-order valence-corrected chi connectivity index (χ3v) is 2.92. The van der Waals surface area contributed by atoms with E-state index in [0.717, 1.165) is 50.1 Å². The molecule has 0 heterocycles. The standard InChI is InChI=1S/C14H24N2O/c1-11(2)14(15)12-6-4-7-13(10-12)16-8-5-9-17-3/h10,16H,1,4-9,15H2,2-3H3/b14-12+. The fraction of sp³-hybridized carbons (Fsp3) is 0.571. The molecular formula is C14H24N2O. The number of hydrogen-bond acceptors (Lipinski definition) is 3. The first kappa shape index (κ1) is 13.8. The zero-order valence-corrected chi connectivity index (χ0v) is 11.0. The maximum Gasteiger partial charge on any atom is 0.0479 e. The number of hydrogen-bond donors (Lipinski definition) is 2.